The summed E-state index contributed by atoms with van der Waals surface area (Å²) in [4.78, 5) is 17.6. The molecule has 2 saturated carbocycles. The minimum atomic E-state index is -0.715. The van der Waals surface area contributed by atoms with Crippen LogP contribution in [0.2, 0.25) is 0 Å². The van der Waals surface area contributed by atoms with Gasteiger partial charge < -0.3 is 10.4 Å². The SMILES string of the molecule is Cc1cccc(NC2CC(N(CC(=O)O)CC3CC3)C2)n1. The molecule has 0 unspecified atom stereocenters. The number of rotatable bonds is 7. The summed E-state index contributed by atoms with van der Waals surface area (Å²) in [5, 5.41) is 12.5. The molecule has 0 radical (unpaired) electrons. The number of anilines is 1. The summed E-state index contributed by atoms with van der Waals surface area (Å²) >= 11 is 0. The average Bonchev–Trinajstić information content (AvgIpc) is 3.16. The Labute approximate surface area is 125 Å². The maximum Gasteiger partial charge on any atom is 0.317 e. The number of hydrogen-bond acceptors (Lipinski definition) is 4. The zero-order valence-electron chi connectivity index (χ0n) is 12.5. The minimum absolute atomic E-state index is 0.177. The van der Waals surface area contributed by atoms with Gasteiger partial charge in [-0.05, 0) is 50.7 Å². The van der Waals surface area contributed by atoms with Crippen LogP contribution in [0.5, 0.6) is 0 Å². The van der Waals surface area contributed by atoms with Gasteiger partial charge in [-0.25, -0.2) is 4.98 Å². The van der Waals surface area contributed by atoms with E-state index in [-0.39, 0.29) is 6.54 Å². The van der Waals surface area contributed by atoms with Gasteiger partial charge in [0.2, 0.25) is 0 Å². The summed E-state index contributed by atoms with van der Waals surface area (Å²) in [6, 6.07) is 6.80. The van der Waals surface area contributed by atoms with E-state index in [1.165, 1.54) is 12.8 Å². The molecule has 0 aromatic carbocycles. The number of carbonyl (C=O) groups is 1. The molecule has 2 aliphatic rings. The van der Waals surface area contributed by atoms with Crippen molar-refractivity contribution in [3.8, 4) is 0 Å². The lowest BCUT2D eigenvalue weighted by atomic mass is 9.85. The predicted octanol–water partition coefficient (Wildman–Crippen LogP) is 2.13. The highest BCUT2D eigenvalue weighted by atomic mass is 16.4. The lowest BCUT2D eigenvalue weighted by molar-refractivity contribution is -0.139. The van der Waals surface area contributed by atoms with Crippen LogP contribution in [0.3, 0.4) is 0 Å². The van der Waals surface area contributed by atoms with Gasteiger partial charge >= 0.3 is 5.97 Å². The monoisotopic (exact) mass is 289 g/mol. The first-order chi connectivity index (χ1) is 10.1. The lowest BCUT2D eigenvalue weighted by Gasteiger charge is -2.43. The van der Waals surface area contributed by atoms with E-state index >= 15 is 0 Å². The van der Waals surface area contributed by atoms with Crippen LogP contribution < -0.4 is 5.32 Å². The van der Waals surface area contributed by atoms with E-state index in [9.17, 15) is 4.79 Å². The molecule has 1 aromatic rings. The molecule has 2 fully saturated rings. The van der Waals surface area contributed by atoms with Crippen LogP contribution in [0.1, 0.15) is 31.4 Å². The summed E-state index contributed by atoms with van der Waals surface area (Å²) in [5.41, 5.74) is 1.01. The molecular weight excluding hydrogens is 266 g/mol. The molecule has 0 amide bonds. The maximum absolute atomic E-state index is 11.0. The van der Waals surface area contributed by atoms with Gasteiger partial charge in [-0.2, -0.15) is 0 Å². The van der Waals surface area contributed by atoms with Crippen molar-refractivity contribution in [2.45, 2.75) is 44.7 Å². The number of hydrogen-bond donors (Lipinski definition) is 2. The van der Waals surface area contributed by atoms with Crippen molar-refractivity contribution in [2.75, 3.05) is 18.4 Å². The standard InChI is InChI=1S/C16H23N3O2/c1-11-3-2-4-15(17-11)18-13-7-14(8-13)19(10-16(20)21)9-12-5-6-12/h2-4,12-14H,5-10H2,1H3,(H,17,18)(H,20,21). The molecule has 1 aromatic heterocycles. The Kier molecular flexibility index (Phi) is 4.10. The molecule has 1 heterocycles. The van der Waals surface area contributed by atoms with Crippen molar-refractivity contribution in [1.82, 2.24) is 9.88 Å². The molecule has 21 heavy (non-hydrogen) atoms. The van der Waals surface area contributed by atoms with Gasteiger partial charge in [-0.3, -0.25) is 9.69 Å². The molecule has 3 rings (SSSR count). The molecule has 0 bridgehead atoms. The smallest absolute Gasteiger partial charge is 0.317 e. The Morgan fingerprint density at radius 1 is 1.43 bits per heavy atom. The molecule has 5 nitrogen and oxygen atoms in total. The number of pyridine rings is 1. The van der Waals surface area contributed by atoms with Crippen LogP contribution in [0.4, 0.5) is 5.82 Å². The second kappa shape index (κ2) is 6.02. The number of carboxylic acid groups (broad SMARTS) is 1. The lowest BCUT2D eigenvalue weighted by Crippen LogP contribution is -2.52. The third kappa shape index (κ3) is 3.94. The molecule has 0 saturated heterocycles. The highest BCUT2D eigenvalue weighted by Crippen LogP contribution is 2.34. The van der Waals surface area contributed by atoms with Crippen molar-refractivity contribution >= 4 is 11.8 Å². The van der Waals surface area contributed by atoms with Gasteiger partial charge in [0.15, 0.2) is 0 Å². The van der Waals surface area contributed by atoms with Crippen molar-refractivity contribution in [3.63, 3.8) is 0 Å². The molecule has 2 aliphatic carbocycles. The van der Waals surface area contributed by atoms with E-state index in [4.69, 9.17) is 5.11 Å². The van der Waals surface area contributed by atoms with Crippen LogP contribution in [-0.2, 0) is 4.79 Å². The first-order valence-electron chi connectivity index (χ1n) is 7.76. The van der Waals surface area contributed by atoms with Gasteiger partial charge in [0.25, 0.3) is 0 Å². The summed E-state index contributed by atoms with van der Waals surface area (Å²) in [5.74, 6) is 0.938. The summed E-state index contributed by atoms with van der Waals surface area (Å²) in [7, 11) is 0. The molecule has 2 N–H and O–H groups in total. The van der Waals surface area contributed by atoms with Gasteiger partial charge in [-0.1, -0.05) is 6.07 Å². The Bertz CT molecular complexity index is 510. The van der Waals surface area contributed by atoms with E-state index in [1.54, 1.807) is 0 Å². The number of nitrogens with zero attached hydrogens (tertiary/aromatic N) is 2. The molecular formula is C16H23N3O2. The second-order valence-corrected chi connectivity index (χ2v) is 6.40. The van der Waals surface area contributed by atoms with E-state index in [1.807, 2.05) is 25.1 Å². The summed E-state index contributed by atoms with van der Waals surface area (Å²) < 4.78 is 0. The highest BCUT2D eigenvalue weighted by Gasteiger charge is 2.37. The third-order valence-electron chi connectivity index (χ3n) is 4.40. The van der Waals surface area contributed by atoms with Crippen LogP contribution in [0, 0.1) is 12.8 Å². The third-order valence-corrected chi connectivity index (χ3v) is 4.40. The number of aliphatic carboxylic acids is 1. The van der Waals surface area contributed by atoms with Crippen molar-refractivity contribution in [2.24, 2.45) is 5.92 Å². The normalized spacial score (nSPS) is 24.7. The number of aryl methyl sites for hydroxylation is 1. The Morgan fingerprint density at radius 2 is 2.19 bits per heavy atom. The van der Waals surface area contributed by atoms with E-state index in [0.29, 0.717) is 12.1 Å². The number of nitrogens with one attached hydrogen (secondary N) is 1. The molecule has 5 heteroatoms. The quantitative estimate of drug-likeness (QED) is 0.805. The topological polar surface area (TPSA) is 65.5 Å². The van der Waals surface area contributed by atoms with Crippen LogP contribution in [0.25, 0.3) is 0 Å². The summed E-state index contributed by atoms with van der Waals surface area (Å²) in [6.45, 7) is 3.11. The zero-order chi connectivity index (χ0) is 14.8. The fourth-order valence-electron chi connectivity index (χ4n) is 2.98. The first-order valence-corrected chi connectivity index (χ1v) is 7.76. The Hall–Kier alpha value is -1.62. The van der Waals surface area contributed by atoms with Crippen LogP contribution >= 0.6 is 0 Å². The molecule has 0 atom stereocenters. The van der Waals surface area contributed by atoms with Gasteiger partial charge in [0, 0.05) is 24.3 Å². The average molecular weight is 289 g/mol. The molecule has 114 valence electrons. The molecule has 0 spiro atoms. The predicted molar refractivity (Wildman–Crippen MR) is 81.3 cm³/mol. The number of carboxylic acids is 1. The van der Waals surface area contributed by atoms with E-state index in [2.05, 4.69) is 15.2 Å². The first kappa shape index (κ1) is 14.3. The number of aromatic nitrogens is 1. The largest absolute Gasteiger partial charge is 0.480 e. The van der Waals surface area contributed by atoms with Crippen LogP contribution in [0.15, 0.2) is 18.2 Å². The minimum Gasteiger partial charge on any atom is -0.480 e. The van der Waals surface area contributed by atoms with Crippen molar-refractivity contribution < 1.29 is 9.90 Å². The van der Waals surface area contributed by atoms with Gasteiger partial charge in [0.1, 0.15) is 5.82 Å². The zero-order valence-corrected chi connectivity index (χ0v) is 12.5. The second-order valence-electron chi connectivity index (χ2n) is 6.40. The van der Waals surface area contributed by atoms with E-state index in [0.717, 1.165) is 36.8 Å². The highest BCUT2D eigenvalue weighted by molar-refractivity contribution is 5.69. The van der Waals surface area contributed by atoms with Gasteiger partial charge in [0.05, 0.1) is 6.54 Å². The van der Waals surface area contributed by atoms with Crippen molar-refractivity contribution in [1.29, 1.82) is 0 Å². The summed E-state index contributed by atoms with van der Waals surface area (Å²) in [6.07, 6.45) is 4.54. The molecule has 0 aliphatic heterocycles. The fraction of sp³-hybridized carbons (Fsp3) is 0.625. The Morgan fingerprint density at radius 3 is 2.81 bits per heavy atom. The van der Waals surface area contributed by atoms with Crippen molar-refractivity contribution in [3.05, 3.63) is 23.9 Å². The maximum atomic E-state index is 11.0. The van der Waals surface area contributed by atoms with Gasteiger partial charge in [-0.15, -0.1) is 0 Å². The van der Waals surface area contributed by atoms with E-state index < -0.39 is 5.97 Å². The Balaban J connectivity index is 1.49. The fourth-order valence-corrected chi connectivity index (χ4v) is 2.98. The van der Waals surface area contributed by atoms with Crippen LogP contribution in [-0.4, -0.2) is 46.1 Å².